The van der Waals surface area contributed by atoms with Crippen LogP contribution < -0.4 is 11.3 Å². The molecule has 0 bridgehead atoms. The molecule has 2 N–H and O–H groups in total. The summed E-state index contributed by atoms with van der Waals surface area (Å²) in [4.78, 5) is 11.8. The van der Waals surface area contributed by atoms with Gasteiger partial charge >= 0.3 is 0 Å². The molecule has 0 spiro atoms. The number of hydrogen-bond acceptors (Lipinski definition) is 2. The van der Waals surface area contributed by atoms with Crippen LogP contribution in [-0.4, -0.2) is 4.57 Å². The van der Waals surface area contributed by atoms with Gasteiger partial charge in [-0.25, -0.2) is 0 Å². The number of nitrogen functional groups attached to an aromatic ring is 1. The van der Waals surface area contributed by atoms with E-state index in [1.807, 2.05) is 43.3 Å². The Kier molecular flexibility index (Phi) is 2.29. The van der Waals surface area contributed by atoms with Gasteiger partial charge in [0.05, 0.1) is 5.69 Å². The highest BCUT2D eigenvalue weighted by atomic mass is 16.1. The van der Waals surface area contributed by atoms with Gasteiger partial charge in [0.15, 0.2) is 0 Å². The molecule has 0 saturated carbocycles. The van der Waals surface area contributed by atoms with Crippen LogP contribution in [0.4, 0.5) is 5.69 Å². The molecule has 0 aliphatic heterocycles. The molecule has 0 aliphatic carbocycles. The molecule has 2 rings (SSSR count). The van der Waals surface area contributed by atoms with Gasteiger partial charge in [-0.2, -0.15) is 0 Å². The van der Waals surface area contributed by atoms with Crippen molar-refractivity contribution in [3.8, 4) is 5.69 Å². The lowest BCUT2D eigenvalue weighted by molar-refractivity contribution is 0.939. The molecule has 3 nitrogen and oxygen atoms in total. The van der Waals surface area contributed by atoms with Crippen LogP contribution in [0.3, 0.4) is 0 Å². The highest BCUT2D eigenvalue weighted by Gasteiger charge is 2.04. The smallest absolute Gasteiger partial charge is 0.278 e. The minimum atomic E-state index is -0.166. The Bertz CT molecular complexity index is 529. The van der Waals surface area contributed by atoms with E-state index in [1.165, 1.54) is 0 Å². The molecular weight excluding hydrogens is 188 g/mol. The molecule has 0 aliphatic rings. The maximum Gasteiger partial charge on any atom is 0.278 e. The fraction of sp³-hybridized carbons (Fsp3) is 0.0833. The van der Waals surface area contributed by atoms with Crippen molar-refractivity contribution in [2.45, 2.75) is 6.92 Å². The maximum atomic E-state index is 11.8. The van der Waals surface area contributed by atoms with Crippen molar-refractivity contribution >= 4 is 5.69 Å². The summed E-state index contributed by atoms with van der Waals surface area (Å²) < 4.78 is 1.61. The number of hydrogen-bond donors (Lipinski definition) is 1. The summed E-state index contributed by atoms with van der Waals surface area (Å²) in [6, 6.07) is 12.9. The maximum absolute atomic E-state index is 11.8. The molecule has 1 aromatic carbocycles. The second-order valence-corrected chi connectivity index (χ2v) is 3.41. The topological polar surface area (TPSA) is 48.0 Å². The Hall–Kier alpha value is -2.03. The average molecular weight is 200 g/mol. The predicted molar refractivity (Wildman–Crippen MR) is 61.2 cm³/mol. The number of aromatic nitrogens is 1. The number of benzene rings is 1. The third-order valence-electron chi connectivity index (χ3n) is 2.32. The van der Waals surface area contributed by atoms with Gasteiger partial charge in [-0.05, 0) is 31.2 Å². The van der Waals surface area contributed by atoms with Crippen LogP contribution in [0.2, 0.25) is 0 Å². The molecule has 0 saturated heterocycles. The Morgan fingerprint density at radius 3 is 2.40 bits per heavy atom. The lowest BCUT2D eigenvalue weighted by Crippen LogP contribution is -2.22. The molecular formula is C12H12N2O. The molecule has 1 heterocycles. The first-order valence-corrected chi connectivity index (χ1v) is 4.73. The van der Waals surface area contributed by atoms with Gasteiger partial charge in [-0.3, -0.25) is 9.36 Å². The standard InChI is InChI=1S/C12H12N2O/c1-9-7-8-11(13)12(15)14(9)10-5-3-2-4-6-10/h2-8H,13H2,1H3. The monoisotopic (exact) mass is 200 g/mol. The van der Waals surface area contributed by atoms with E-state index in [-0.39, 0.29) is 11.2 Å². The van der Waals surface area contributed by atoms with E-state index in [9.17, 15) is 4.79 Å². The van der Waals surface area contributed by atoms with Crippen molar-refractivity contribution < 1.29 is 0 Å². The summed E-state index contributed by atoms with van der Waals surface area (Å²) >= 11 is 0. The second-order valence-electron chi connectivity index (χ2n) is 3.41. The van der Waals surface area contributed by atoms with Crippen molar-refractivity contribution in [3.05, 3.63) is 58.5 Å². The second kappa shape index (κ2) is 3.61. The number of anilines is 1. The van der Waals surface area contributed by atoms with Crippen molar-refractivity contribution in [1.82, 2.24) is 4.57 Å². The number of pyridine rings is 1. The van der Waals surface area contributed by atoms with Gasteiger partial charge in [-0.15, -0.1) is 0 Å². The zero-order valence-corrected chi connectivity index (χ0v) is 8.47. The van der Waals surface area contributed by atoms with Gasteiger partial charge in [-0.1, -0.05) is 18.2 Å². The van der Waals surface area contributed by atoms with E-state index in [1.54, 1.807) is 10.6 Å². The van der Waals surface area contributed by atoms with Crippen molar-refractivity contribution in [2.24, 2.45) is 0 Å². The quantitative estimate of drug-likeness (QED) is 0.762. The van der Waals surface area contributed by atoms with Gasteiger partial charge in [0.2, 0.25) is 0 Å². The molecule has 0 amide bonds. The van der Waals surface area contributed by atoms with Crippen molar-refractivity contribution in [3.63, 3.8) is 0 Å². The van der Waals surface area contributed by atoms with E-state index in [0.717, 1.165) is 11.4 Å². The molecule has 0 unspecified atom stereocenters. The Labute approximate surface area is 87.8 Å². The first-order chi connectivity index (χ1) is 7.20. The minimum absolute atomic E-state index is 0.166. The van der Waals surface area contributed by atoms with Crippen molar-refractivity contribution in [1.29, 1.82) is 0 Å². The van der Waals surface area contributed by atoms with Gasteiger partial charge < -0.3 is 5.73 Å². The fourth-order valence-electron chi connectivity index (χ4n) is 1.54. The molecule has 76 valence electrons. The Balaban J connectivity index is 2.73. The predicted octanol–water partition coefficient (Wildman–Crippen LogP) is 1.73. The summed E-state index contributed by atoms with van der Waals surface area (Å²) in [5, 5.41) is 0. The largest absolute Gasteiger partial charge is 0.394 e. The third kappa shape index (κ3) is 1.64. The summed E-state index contributed by atoms with van der Waals surface area (Å²) in [7, 11) is 0. The van der Waals surface area contributed by atoms with Crippen LogP contribution in [0.25, 0.3) is 5.69 Å². The van der Waals surface area contributed by atoms with Crippen LogP contribution in [0.1, 0.15) is 5.69 Å². The SMILES string of the molecule is Cc1ccc(N)c(=O)n1-c1ccccc1. The fourth-order valence-corrected chi connectivity index (χ4v) is 1.54. The minimum Gasteiger partial charge on any atom is -0.394 e. The van der Waals surface area contributed by atoms with E-state index in [4.69, 9.17) is 5.73 Å². The molecule has 0 radical (unpaired) electrons. The highest BCUT2D eigenvalue weighted by Crippen LogP contribution is 2.08. The van der Waals surface area contributed by atoms with Crippen LogP contribution in [-0.2, 0) is 0 Å². The first kappa shape index (κ1) is 9.52. The summed E-state index contributed by atoms with van der Waals surface area (Å²) in [5.74, 6) is 0. The molecule has 3 heteroatoms. The average Bonchev–Trinajstić information content (AvgIpc) is 2.26. The number of nitrogens with zero attached hydrogens (tertiary/aromatic N) is 1. The van der Waals surface area contributed by atoms with E-state index < -0.39 is 0 Å². The first-order valence-electron chi connectivity index (χ1n) is 4.73. The van der Waals surface area contributed by atoms with E-state index in [0.29, 0.717) is 0 Å². The molecule has 0 fully saturated rings. The zero-order valence-electron chi connectivity index (χ0n) is 8.47. The number of para-hydroxylation sites is 1. The summed E-state index contributed by atoms with van der Waals surface area (Å²) in [5.41, 5.74) is 7.41. The van der Waals surface area contributed by atoms with Crippen molar-refractivity contribution in [2.75, 3.05) is 5.73 Å². The normalized spacial score (nSPS) is 10.2. The molecule has 0 atom stereocenters. The van der Waals surface area contributed by atoms with E-state index in [2.05, 4.69) is 0 Å². The third-order valence-corrected chi connectivity index (χ3v) is 2.32. The van der Waals surface area contributed by atoms with Crippen LogP contribution >= 0.6 is 0 Å². The van der Waals surface area contributed by atoms with Crippen LogP contribution in [0.15, 0.2) is 47.3 Å². The Morgan fingerprint density at radius 1 is 1.07 bits per heavy atom. The molecule has 1 aromatic heterocycles. The lowest BCUT2D eigenvalue weighted by Gasteiger charge is -2.09. The van der Waals surface area contributed by atoms with Gasteiger partial charge in [0.25, 0.3) is 5.56 Å². The van der Waals surface area contributed by atoms with E-state index >= 15 is 0 Å². The molecule has 2 aromatic rings. The molecule has 15 heavy (non-hydrogen) atoms. The Morgan fingerprint density at radius 2 is 1.73 bits per heavy atom. The number of nitrogens with two attached hydrogens (primary N) is 1. The summed E-state index contributed by atoms with van der Waals surface area (Å²) in [6.45, 7) is 1.88. The highest BCUT2D eigenvalue weighted by molar-refractivity contribution is 5.42. The summed E-state index contributed by atoms with van der Waals surface area (Å²) in [6.07, 6.45) is 0. The number of rotatable bonds is 1. The zero-order chi connectivity index (χ0) is 10.8. The van der Waals surface area contributed by atoms with Crippen LogP contribution in [0, 0.1) is 6.92 Å². The number of aryl methyl sites for hydroxylation is 1. The lowest BCUT2D eigenvalue weighted by atomic mass is 10.2. The van der Waals surface area contributed by atoms with Crippen LogP contribution in [0.5, 0.6) is 0 Å². The van der Waals surface area contributed by atoms with Gasteiger partial charge in [0, 0.05) is 11.4 Å². The van der Waals surface area contributed by atoms with Gasteiger partial charge in [0.1, 0.15) is 0 Å².